The molecule has 1 aliphatic heterocycles. The molecule has 0 aliphatic carbocycles. The second-order valence-corrected chi connectivity index (χ2v) is 5.50. The van der Waals surface area contributed by atoms with Crippen molar-refractivity contribution in [2.75, 3.05) is 13.2 Å². The normalized spacial score (nSPS) is 14.5. The van der Waals surface area contributed by atoms with Gasteiger partial charge in [-0.2, -0.15) is 5.10 Å². The number of hydrogen-bond donors (Lipinski definition) is 1. The van der Waals surface area contributed by atoms with Crippen LogP contribution in [-0.2, 0) is 36.0 Å². The number of amides is 1. The number of fused-ring (bicyclic) bond motifs is 1. The first-order valence-corrected chi connectivity index (χ1v) is 6.96. The minimum absolute atomic E-state index is 0.121. The molecular formula is C14H23N3O2. The van der Waals surface area contributed by atoms with Gasteiger partial charge in [-0.15, -0.1) is 0 Å². The Morgan fingerprint density at radius 3 is 3.05 bits per heavy atom. The number of rotatable bonds is 5. The van der Waals surface area contributed by atoms with Gasteiger partial charge in [0.15, 0.2) is 0 Å². The van der Waals surface area contributed by atoms with Crippen molar-refractivity contribution < 1.29 is 9.53 Å². The van der Waals surface area contributed by atoms with Crippen LogP contribution in [-0.4, -0.2) is 28.8 Å². The van der Waals surface area contributed by atoms with Gasteiger partial charge in [-0.25, -0.2) is 0 Å². The van der Waals surface area contributed by atoms with Crippen LogP contribution in [0.3, 0.4) is 0 Å². The summed E-state index contributed by atoms with van der Waals surface area (Å²) in [7, 11) is 1.98. The molecule has 0 unspecified atom stereocenters. The van der Waals surface area contributed by atoms with E-state index in [0.717, 1.165) is 25.1 Å². The summed E-state index contributed by atoms with van der Waals surface area (Å²) < 4.78 is 7.44. The second kappa shape index (κ2) is 6.19. The number of aryl methyl sites for hydroxylation is 1. The van der Waals surface area contributed by atoms with Gasteiger partial charge >= 0.3 is 0 Å². The lowest BCUT2D eigenvalue weighted by atomic mass is 10.1. The molecule has 0 bridgehead atoms. The van der Waals surface area contributed by atoms with Gasteiger partial charge in [-0.1, -0.05) is 13.8 Å². The summed E-state index contributed by atoms with van der Waals surface area (Å²) in [5.74, 6) is 0.520. The highest BCUT2D eigenvalue weighted by Crippen LogP contribution is 2.20. The Kier molecular flexibility index (Phi) is 4.58. The standard InChI is InChI=1S/C14H23N3O2/c1-10(2)8-14(18)15-6-4-12-11-9-19-7-5-13(11)17(3)16-12/h10H,4-9H2,1-3H3,(H,15,18). The molecule has 1 N–H and O–H groups in total. The number of nitrogens with zero attached hydrogens (tertiary/aromatic N) is 2. The van der Waals surface area contributed by atoms with Gasteiger partial charge in [-0.05, 0) is 5.92 Å². The van der Waals surface area contributed by atoms with Gasteiger partial charge < -0.3 is 10.1 Å². The number of carbonyl (C=O) groups is 1. The fourth-order valence-corrected chi connectivity index (χ4v) is 2.45. The molecule has 19 heavy (non-hydrogen) atoms. The van der Waals surface area contributed by atoms with Crippen molar-refractivity contribution in [1.82, 2.24) is 15.1 Å². The maximum absolute atomic E-state index is 11.6. The first-order valence-electron chi connectivity index (χ1n) is 6.96. The third-order valence-corrected chi connectivity index (χ3v) is 3.37. The monoisotopic (exact) mass is 265 g/mol. The number of hydrogen-bond acceptors (Lipinski definition) is 3. The fourth-order valence-electron chi connectivity index (χ4n) is 2.45. The average molecular weight is 265 g/mol. The Morgan fingerprint density at radius 2 is 2.32 bits per heavy atom. The molecule has 0 radical (unpaired) electrons. The molecule has 1 aliphatic rings. The van der Waals surface area contributed by atoms with Gasteiger partial charge in [0.2, 0.25) is 5.91 Å². The van der Waals surface area contributed by atoms with Crippen LogP contribution in [0.1, 0.15) is 37.2 Å². The lowest BCUT2D eigenvalue weighted by molar-refractivity contribution is -0.121. The highest BCUT2D eigenvalue weighted by molar-refractivity contribution is 5.76. The Labute approximate surface area is 114 Å². The quantitative estimate of drug-likeness (QED) is 0.870. The Morgan fingerprint density at radius 1 is 1.53 bits per heavy atom. The molecule has 0 fully saturated rings. The van der Waals surface area contributed by atoms with E-state index >= 15 is 0 Å². The van der Waals surface area contributed by atoms with Gasteiger partial charge in [0.25, 0.3) is 0 Å². The Balaban J connectivity index is 1.88. The lowest BCUT2D eigenvalue weighted by Crippen LogP contribution is -2.27. The number of ether oxygens (including phenoxy) is 1. The van der Waals surface area contributed by atoms with Crippen molar-refractivity contribution in [3.63, 3.8) is 0 Å². The lowest BCUT2D eigenvalue weighted by Gasteiger charge is -2.13. The van der Waals surface area contributed by atoms with Gasteiger partial charge in [0, 0.05) is 44.1 Å². The van der Waals surface area contributed by atoms with Crippen LogP contribution in [0.15, 0.2) is 0 Å². The molecule has 0 saturated heterocycles. The van der Waals surface area contributed by atoms with Crippen molar-refractivity contribution in [3.8, 4) is 0 Å². The third-order valence-electron chi connectivity index (χ3n) is 3.37. The smallest absolute Gasteiger partial charge is 0.220 e. The fraction of sp³-hybridized carbons (Fsp3) is 0.714. The van der Waals surface area contributed by atoms with E-state index in [1.165, 1.54) is 11.3 Å². The highest BCUT2D eigenvalue weighted by Gasteiger charge is 2.19. The molecule has 0 aromatic carbocycles. The van der Waals surface area contributed by atoms with E-state index < -0.39 is 0 Å². The van der Waals surface area contributed by atoms with Crippen molar-refractivity contribution in [2.45, 2.75) is 39.7 Å². The van der Waals surface area contributed by atoms with E-state index in [9.17, 15) is 4.79 Å². The predicted molar refractivity (Wildman–Crippen MR) is 72.7 cm³/mol. The van der Waals surface area contributed by atoms with Crippen LogP contribution in [0.25, 0.3) is 0 Å². The molecular weight excluding hydrogens is 242 g/mol. The maximum atomic E-state index is 11.6. The van der Waals surface area contributed by atoms with E-state index in [2.05, 4.69) is 10.4 Å². The van der Waals surface area contributed by atoms with E-state index in [0.29, 0.717) is 25.5 Å². The van der Waals surface area contributed by atoms with Crippen molar-refractivity contribution in [2.24, 2.45) is 13.0 Å². The highest BCUT2D eigenvalue weighted by atomic mass is 16.5. The number of carbonyl (C=O) groups excluding carboxylic acids is 1. The second-order valence-electron chi connectivity index (χ2n) is 5.50. The van der Waals surface area contributed by atoms with Gasteiger partial charge in [0.05, 0.1) is 18.9 Å². The third kappa shape index (κ3) is 3.56. The summed E-state index contributed by atoms with van der Waals surface area (Å²) in [6.45, 7) is 6.17. The summed E-state index contributed by atoms with van der Waals surface area (Å²) in [4.78, 5) is 11.6. The maximum Gasteiger partial charge on any atom is 0.220 e. The molecule has 5 heteroatoms. The average Bonchev–Trinajstić information content (AvgIpc) is 2.66. The first-order chi connectivity index (χ1) is 9.08. The zero-order chi connectivity index (χ0) is 13.8. The minimum atomic E-state index is 0.121. The largest absolute Gasteiger partial charge is 0.376 e. The predicted octanol–water partition coefficient (Wildman–Crippen LogP) is 1.20. The topological polar surface area (TPSA) is 56.2 Å². The Bertz CT molecular complexity index is 452. The zero-order valence-corrected chi connectivity index (χ0v) is 12.0. The van der Waals surface area contributed by atoms with Crippen LogP contribution >= 0.6 is 0 Å². The SMILES string of the molecule is CC(C)CC(=O)NCCc1nn(C)c2c1COCC2. The zero-order valence-electron chi connectivity index (χ0n) is 12.0. The molecule has 1 aromatic heterocycles. The summed E-state index contributed by atoms with van der Waals surface area (Å²) in [6.07, 6.45) is 2.29. The summed E-state index contributed by atoms with van der Waals surface area (Å²) in [6, 6.07) is 0. The van der Waals surface area contributed by atoms with E-state index in [1.807, 2.05) is 25.6 Å². The minimum Gasteiger partial charge on any atom is -0.376 e. The van der Waals surface area contributed by atoms with Crippen LogP contribution in [0.4, 0.5) is 0 Å². The number of aromatic nitrogens is 2. The molecule has 0 saturated carbocycles. The molecule has 5 nitrogen and oxygen atoms in total. The first kappa shape index (κ1) is 14.1. The Hall–Kier alpha value is -1.36. The van der Waals surface area contributed by atoms with Crippen LogP contribution in [0, 0.1) is 5.92 Å². The molecule has 1 aromatic rings. The van der Waals surface area contributed by atoms with Crippen molar-refractivity contribution in [1.29, 1.82) is 0 Å². The molecule has 2 heterocycles. The van der Waals surface area contributed by atoms with E-state index in [-0.39, 0.29) is 5.91 Å². The molecule has 0 atom stereocenters. The van der Waals surface area contributed by atoms with Crippen LogP contribution < -0.4 is 5.32 Å². The molecule has 0 spiro atoms. The molecule has 2 rings (SSSR count). The van der Waals surface area contributed by atoms with Crippen LogP contribution in [0.5, 0.6) is 0 Å². The summed E-state index contributed by atoms with van der Waals surface area (Å²) in [5, 5.41) is 7.48. The summed E-state index contributed by atoms with van der Waals surface area (Å²) >= 11 is 0. The van der Waals surface area contributed by atoms with Crippen LogP contribution in [0.2, 0.25) is 0 Å². The van der Waals surface area contributed by atoms with Crippen molar-refractivity contribution >= 4 is 5.91 Å². The number of nitrogens with one attached hydrogen (secondary N) is 1. The molecule has 106 valence electrons. The van der Waals surface area contributed by atoms with Gasteiger partial charge in [-0.3, -0.25) is 9.48 Å². The van der Waals surface area contributed by atoms with Gasteiger partial charge in [0.1, 0.15) is 0 Å². The summed E-state index contributed by atoms with van der Waals surface area (Å²) in [5.41, 5.74) is 3.55. The van der Waals surface area contributed by atoms with E-state index in [1.54, 1.807) is 0 Å². The van der Waals surface area contributed by atoms with Crippen molar-refractivity contribution in [3.05, 3.63) is 17.0 Å². The van der Waals surface area contributed by atoms with E-state index in [4.69, 9.17) is 4.74 Å². The molecule has 1 amide bonds.